The minimum absolute atomic E-state index is 0.0205. The predicted octanol–water partition coefficient (Wildman–Crippen LogP) is 1.49. The van der Waals surface area contributed by atoms with Gasteiger partial charge in [-0.25, -0.2) is 0 Å². The molecule has 3 nitrogen and oxygen atoms in total. The monoisotopic (exact) mass is 212 g/mol. The largest absolute Gasteiger partial charge is 0.341 e. The second-order valence-corrected chi connectivity index (χ2v) is 5.86. The van der Waals surface area contributed by atoms with Crippen molar-refractivity contribution in [1.82, 2.24) is 10.2 Å². The zero-order valence-electron chi connectivity index (χ0n) is 10.6. The lowest BCUT2D eigenvalue weighted by atomic mass is 10.0. The Morgan fingerprint density at radius 2 is 1.73 bits per heavy atom. The van der Waals surface area contributed by atoms with Crippen molar-refractivity contribution in [3.05, 3.63) is 0 Å². The summed E-state index contributed by atoms with van der Waals surface area (Å²) in [6.07, 6.45) is 0. The SMILES string of the molecule is CC1CN(C(=O)CNC(C)(C)C)CC1C. The Balaban J connectivity index is 2.36. The molecule has 88 valence electrons. The summed E-state index contributed by atoms with van der Waals surface area (Å²) in [5.41, 5.74) is 0.0205. The Morgan fingerprint density at radius 3 is 2.13 bits per heavy atom. The third-order valence-electron chi connectivity index (χ3n) is 3.11. The number of hydrogen-bond donors (Lipinski definition) is 1. The van der Waals surface area contributed by atoms with Gasteiger partial charge < -0.3 is 10.2 Å². The molecule has 1 heterocycles. The predicted molar refractivity (Wildman–Crippen MR) is 62.7 cm³/mol. The molecule has 15 heavy (non-hydrogen) atoms. The molecule has 0 aliphatic carbocycles. The smallest absolute Gasteiger partial charge is 0.236 e. The van der Waals surface area contributed by atoms with E-state index in [1.54, 1.807) is 0 Å². The molecule has 1 saturated heterocycles. The van der Waals surface area contributed by atoms with Crippen molar-refractivity contribution in [3.63, 3.8) is 0 Å². The van der Waals surface area contributed by atoms with Crippen LogP contribution in [0.1, 0.15) is 34.6 Å². The minimum atomic E-state index is 0.0205. The highest BCUT2D eigenvalue weighted by atomic mass is 16.2. The van der Waals surface area contributed by atoms with Gasteiger partial charge in [0, 0.05) is 18.6 Å². The van der Waals surface area contributed by atoms with Crippen LogP contribution in [0.4, 0.5) is 0 Å². The summed E-state index contributed by atoms with van der Waals surface area (Å²) in [7, 11) is 0. The topological polar surface area (TPSA) is 32.3 Å². The molecule has 2 unspecified atom stereocenters. The molecule has 1 N–H and O–H groups in total. The van der Waals surface area contributed by atoms with Crippen molar-refractivity contribution in [3.8, 4) is 0 Å². The average molecular weight is 212 g/mol. The molecule has 2 atom stereocenters. The number of hydrogen-bond acceptors (Lipinski definition) is 2. The van der Waals surface area contributed by atoms with E-state index in [1.165, 1.54) is 0 Å². The first-order valence-corrected chi connectivity index (χ1v) is 5.82. The van der Waals surface area contributed by atoms with Crippen LogP contribution in [0, 0.1) is 11.8 Å². The molecule has 1 rings (SSSR count). The molecule has 0 aromatic heterocycles. The Labute approximate surface area is 93.2 Å². The fourth-order valence-electron chi connectivity index (χ4n) is 1.79. The molecule has 1 aliphatic heterocycles. The zero-order chi connectivity index (χ0) is 11.6. The van der Waals surface area contributed by atoms with Crippen LogP contribution in [0.2, 0.25) is 0 Å². The van der Waals surface area contributed by atoms with Crippen LogP contribution in [0.3, 0.4) is 0 Å². The first-order valence-electron chi connectivity index (χ1n) is 5.82. The summed E-state index contributed by atoms with van der Waals surface area (Å²) in [5, 5.41) is 3.24. The van der Waals surface area contributed by atoms with Gasteiger partial charge in [0.25, 0.3) is 0 Å². The van der Waals surface area contributed by atoms with Crippen LogP contribution in [0.5, 0.6) is 0 Å². The lowest BCUT2D eigenvalue weighted by Gasteiger charge is -2.23. The van der Waals surface area contributed by atoms with E-state index in [1.807, 2.05) is 4.90 Å². The minimum Gasteiger partial charge on any atom is -0.341 e. The highest BCUT2D eigenvalue weighted by Gasteiger charge is 2.29. The Hall–Kier alpha value is -0.570. The highest BCUT2D eigenvalue weighted by molar-refractivity contribution is 5.78. The summed E-state index contributed by atoms with van der Waals surface area (Å²) in [4.78, 5) is 13.8. The summed E-state index contributed by atoms with van der Waals surface area (Å²) in [5.74, 6) is 1.52. The molecule has 0 aromatic rings. The van der Waals surface area contributed by atoms with E-state index in [9.17, 15) is 4.79 Å². The van der Waals surface area contributed by atoms with Gasteiger partial charge in [-0.2, -0.15) is 0 Å². The summed E-state index contributed by atoms with van der Waals surface area (Å²) in [6.45, 7) is 13.0. The van der Waals surface area contributed by atoms with E-state index in [4.69, 9.17) is 0 Å². The van der Waals surface area contributed by atoms with Crippen LogP contribution < -0.4 is 5.32 Å². The van der Waals surface area contributed by atoms with E-state index in [2.05, 4.69) is 39.9 Å². The summed E-state index contributed by atoms with van der Waals surface area (Å²) < 4.78 is 0. The summed E-state index contributed by atoms with van der Waals surface area (Å²) >= 11 is 0. The maximum atomic E-state index is 11.8. The molecule has 3 heteroatoms. The van der Waals surface area contributed by atoms with Gasteiger partial charge in [-0.15, -0.1) is 0 Å². The molecular weight excluding hydrogens is 188 g/mol. The summed E-state index contributed by atoms with van der Waals surface area (Å²) in [6, 6.07) is 0. The van der Waals surface area contributed by atoms with Crippen molar-refractivity contribution < 1.29 is 4.79 Å². The number of rotatable bonds is 2. The van der Waals surface area contributed by atoms with Crippen molar-refractivity contribution >= 4 is 5.91 Å². The van der Waals surface area contributed by atoms with E-state index in [0.717, 1.165) is 13.1 Å². The first kappa shape index (κ1) is 12.5. The third kappa shape index (κ3) is 3.82. The van der Waals surface area contributed by atoms with Gasteiger partial charge in [-0.05, 0) is 32.6 Å². The van der Waals surface area contributed by atoms with Gasteiger partial charge >= 0.3 is 0 Å². The molecule has 0 bridgehead atoms. The van der Waals surface area contributed by atoms with Gasteiger partial charge in [0.05, 0.1) is 6.54 Å². The normalized spacial score (nSPS) is 27.1. The molecule has 0 spiro atoms. The lowest BCUT2D eigenvalue weighted by molar-refractivity contribution is -0.129. The molecule has 0 aromatic carbocycles. The van der Waals surface area contributed by atoms with Gasteiger partial charge in [-0.3, -0.25) is 4.79 Å². The number of carbonyl (C=O) groups excluding carboxylic acids is 1. The lowest BCUT2D eigenvalue weighted by Crippen LogP contribution is -2.44. The van der Waals surface area contributed by atoms with Crippen molar-refractivity contribution in [2.75, 3.05) is 19.6 Å². The molecule has 1 fully saturated rings. The number of nitrogens with one attached hydrogen (secondary N) is 1. The maximum absolute atomic E-state index is 11.8. The van der Waals surface area contributed by atoms with E-state index in [0.29, 0.717) is 18.4 Å². The number of amides is 1. The molecule has 1 aliphatic rings. The van der Waals surface area contributed by atoms with E-state index >= 15 is 0 Å². The first-order chi connectivity index (χ1) is 6.79. The van der Waals surface area contributed by atoms with Gasteiger partial charge in [0.15, 0.2) is 0 Å². The quantitative estimate of drug-likeness (QED) is 0.752. The maximum Gasteiger partial charge on any atom is 0.236 e. The number of likely N-dealkylation sites (tertiary alicyclic amines) is 1. The molecular formula is C12H24N2O. The third-order valence-corrected chi connectivity index (χ3v) is 3.11. The second-order valence-electron chi connectivity index (χ2n) is 5.86. The van der Waals surface area contributed by atoms with Crippen LogP contribution in [0.25, 0.3) is 0 Å². The van der Waals surface area contributed by atoms with Crippen LogP contribution >= 0.6 is 0 Å². The van der Waals surface area contributed by atoms with Gasteiger partial charge in [-0.1, -0.05) is 13.8 Å². The Kier molecular flexibility index (Phi) is 3.77. The second kappa shape index (κ2) is 4.52. The van der Waals surface area contributed by atoms with Crippen LogP contribution in [-0.2, 0) is 4.79 Å². The number of carbonyl (C=O) groups is 1. The van der Waals surface area contributed by atoms with Gasteiger partial charge in [0.2, 0.25) is 5.91 Å². The van der Waals surface area contributed by atoms with Crippen molar-refractivity contribution in [2.45, 2.75) is 40.2 Å². The van der Waals surface area contributed by atoms with Crippen molar-refractivity contribution in [2.24, 2.45) is 11.8 Å². The van der Waals surface area contributed by atoms with Crippen molar-refractivity contribution in [1.29, 1.82) is 0 Å². The molecule has 1 amide bonds. The molecule has 0 radical (unpaired) electrons. The zero-order valence-corrected chi connectivity index (χ0v) is 10.6. The Bertz CT molecular complexity index is 222. The van der Waals surface area contributed by atoms with Gasteiger partial charge in [0.1, 0.15) is 0 Å². The van der Waals surface area contributed by atoms with E-state index < -0.39 is 0 Å². The van der Waals surface area contributed by atoms with Crippen LogP contribution in [-0.4, -0.2) is 36.0 Å². The van der Waals surface area contributed by atoms with E-state index in [-0.39, 0.29) is 11.4 Å². The fourth-order valence-corrected chi connectivity index (χ4v) is 1.79. The highest BCUT2D eigenvalue weighted by Crippen LogP contribution is 2.21. The fraction of sp³-hybridized carbons (Fsp3) is 0.917. The Morgan fingerprint density at radius 1 is 1.27 bits per heavy atom. The van der Waals surface area contributed by atoms with Crippen LogP contribution in [0.15, 0.2) is 0 Å². The molecule has 0 saturated carbocycles. The average Bonchev–Trinajstić information content (AvgIpc) is 2.42. The number of nitrogens with zero attached hydrogens (tertiary/aromatic N) is 1. The standard InChI is InChI=1S/C12H24N2O/c1-9-7-14(8-10(9)2)11(15)6-13-12(3,4)5/h9-10,13H,6-8H2,1-5H3.